The molecule has 2 rings (SSSR count). The first-order valence-corrected chi connectivity index (χ1v) is 10.4. The molecule has 1 amide bonds. The van der Waals surface area contributed by atoms with Crippen molar-refractivity contribution in [2.45, 2.75) is 11.4 Å². The number of hydrogen-bond donors (Lipinski definition) is 1. The number of halogens is 1. The van der Waals surface area contributed by atoms with Gasteiger partial charge in [0.2, 0.25) is 10.0 Å². The Balaban J connectivity index is 2.21. The van der Waals surface area contributed by atoms with Crippen LogP contribution >= 0.6 is 22.6 Å². The first-order valence-electron chi connectivity index (χ1n) is 7.89. The molecule has 0 aliphatic rings. The Morgan fingerprint density at radius 2 is 1.77 bits per heavy atom. The molecular formula is C18H22IN3O3S. The minimum absolute atomic E-state index is 0.0997. The van der Waals surface area contributed by atoms with Crippen molar-refractivity contribution in [2.75, 3.05) is 33.1 Å². The second kappa shape index (κ2) is 8.36. The Morgan fingerprint density at radius 1 is 1.08 bits per heavy atom. The van der Waals surface area contributed by atoms with Crippen LogP contribution in [0.1, 0.15) is 15.9 Å². The molecule has 140 valence electrons. The number of sulfonamides is 1. The summed E-state index contributed by atoms with van der Waals surface area (Å²) in [6.07, 6.45) is 0. The average Bonchev–Trinajstić information content (AvgIpc) is 2.60. The van der Waals surface area contributed by atoms with E-state index in [1.165, 1.54) is 26.2 Å². The van der Waals surface area contributed by atoms with E-state index in [0.717, 1.165) is 15.6 Å². The van der Waals surface area contributed by atoms with Crippen molar-refractivity contribution in [2.24, 2.45) is 0 Å². The Kier molecular flexibility index (Phi) is 6.64. The van der Waals surface area contributed by atoms with E-state index in [1.54, 1.807) is 6.07 Å². The van der Waals surface area contributed by atoms with Gasteiger partial charge in [-0.2, -0.15) is 0 Å². The molecule has 0 aliphatic heterocycles. The number of hydrogen-bond acceptors (Lipinski definition) is 4. The second-order valence-corrected chi connectivity index (χ2v) is 9.49. The minimum atomic E-state index is -3.59. The van der Waals surface area contributed by atoms with Gasteiger partial charge in [-0.1, -0.05) is 12.1 Å². The predicted octanol–water partition coefficient (Wildman–Crippen LogP) is 2.54. The van der Waals surface area contributed by atoms with Gasteiger partial charge in [-0.25, -0.2) is 12.7 Å². The maximum absolute atomic E-state index is 12.6. The van der Waals surface area contributed by atoms with E-state index in [1.807, 2.05) is 65.9 Å². The highest BCUT2D eigenvalue weighted by atomic mass is 127. The standard InChI is InChI=1S/C18H22IN3O3S/c1-21(2)14-7-5-6-13(10-14)12-20-18(23)16-11-15(8-9-17(16)19)26(24,25)22(3)4/h5-11H,12H2,1-4H3,(H,20,23). The van der Waals surface area contributed by atoms with Crippen molar-refractivity contribution >= 4 is 44.2 Å². The Hall–Kier alpha value is -1.65. The minimum Gasteiger partial charge on any atom is -0.378 e. The SMILES string of the molecule is CN(C)c1cccc(CNC(=O)c2cc(S(=O)(=O)N(C)C)ccc2I)c1. The zero-order valence-corrected chi connectivity index (χ0v) is 18.1. The largest absolute Gasteiger partial charge is 0.378 e. The van der Waals surface area contributed by atoms with Gasteiger partial charge < -0.3 is 10.2 Å². The number of amides is 1. The van der Waals surface area contributed by atoms with Crippen LogP contribution < -0.4 is 10.2 Å². The van der Waals surface area contributed by atoms with Gasteiger partial charge in [-0.15, -0.1) is 0 Å². The van der Waals surface area contributed by atoms with Crippen molar-refractivity contribution in [1.82, 2.24) is 9.62 Å². The molecule has 0 aliphatic carbocycles. The Morgan fingerprint density at radius 3 is 2.38 bits per heavy atom. The molecule has 0 radical (unpaired) electrons. The molecule has 2 aromatic carbocycles. The topological polar surface area (TPSA) is 69.7 Å². The molecule has 26 heavy (non-hydrogen) atoms. The molecule has 0 unspecified atom stereocenters. The van der Waals surface area contributed by atoms with Crippen molar-refractivity contribution in [3.8, 4) is 0 Å². The zero-order chi connectivity index (χ0) is 19.5. The Labute approximate surface area is 168 Å². The van der Waals surface area contributed by atoms with E-state index in [2.05, 4.69) is 5.32 Å². The van der Waals surface area contributed by atoms with Crippen molar-refractivity contribution < 1.29 is 13.2 Å². The number of nitrogens with one attached hydrogen (secondary N) is 1. The smallest absolute Gasteiger partial charge is 0.252 e. The molecule has 0 aromatic heterocycles. The van der Waals surface area contributed by atoms with E-state index < -0.39 is 10.0 Å². The lowest BCUT2D eigenvalue weighted by atomic mass is 10.1. The van der Waals surface area contributed by atoms with Crippen molar-refractivity contribution in [3.63, 3.8) is 0 Å². The highest BCUT2D eigenvalue weighted by Crippen LogP contribution is 2.20. The lowest BCUT2D eigenvalue weighted by Gasteiger charge is -2.15. The molecule has 0 atom stereocenters. The number of anilines is 1. The number of nitrogens with zero attached hydrogens (tertiary/aromatic N) is 2. The molecular weight excluding hydrogens is 465 g/mol. The quantitative estimate of drug-likeness (QED) is 0.637. The summed E-state index contributed by atoms with van der Waals surface area (Å²) in [4.78, 5) is 14.7. The predicted molar refractivity (Wildman–Crippen MR) is 112 cm³/mol. The van der Waals surface area contributed by atoms with Gasteiger partial charge in [-0.3, -0.25) is 4.79 Å². The molecule has 2 aromatic rings. The summed E-state index contributed by atoms with van der Waals surface area (Å²) in [5.41, 5.74) is 2.36. The third kappa shape index (κ3) is 4.74. The highest BCUT2D eigenvalue weighted by Gasteiger charge is 2.20. The summed E-state index contributed by atoms with van der Waals surface area (Å²) in [6, 6.07) is 12.4. The van der Waals surface area contributed by atoms with Crippen LogP contribution in [0, 0.1) is 3.57 Å². The van der Waals surface area contributed by atoms with Crippen LogP contribution in [0.5, 0.6) is 0 Å². The molecule has 8 heteroatoms. The summed E-state index contributed by atoms with van der Waals surface area (Å²) in [7, 11) is 3.25. The molecule has 0 saturated heterocycles. The normalized spacial score (nSPS) is 11.5. The maximum Gasteiger partial charge on any atom is 0.252 e. The fraction of sp³-hybridized carbons (Fsp3) is 0.278. The molecule has 1 N–H and O–H groups in total. The lowest BCUT2D eigenvalue weighted by molar-refractivity contribution is 0.0950. The fourth-order valence-electron chi connectivity index (χ4n) is 2.27. The van der Waals surface area contributed by atoms with Crippen LogP contribution in [0.15, 0.2) is 47.4 Å². The third-order valence-corrected chi connectivity index (χ3v) is 6.59. The van der Waals surface area contributed by atoms with Crippen molar-refractivity contribution in [1.29, 1.82) is 0 Å². The van der Waals surface area contributed by atoms with Crippen LogP contribution in [-0.4, -0.2) is 46.8 Å². The van der Waals surface area contributed by atoms with Crippen LogP contribution in [0.25, 0.3) is 0 Å². The second-order valence-electron chi connectivity index (χ2n) is 6.18. The van der Waals surface area contributed by atoms with E-state index in [0.29, 0.717) is 15.7 Å². The first-order chi connectivity index (χ1) is 12.1. The molecule has 0 spiro atoms. The number of carbonyl (C=O) groups is 1. The van der Waals surface area contributed by atoms with Gasteiger partial charge in [0.05, 0.1) is 10.5 Å². The van der Waals surface area contributed by atoms with Gasteiger partial charge in [0.1, 0.15) is 0 Å². The van der Waals surface area contributed by atoms with Gasteiger partial charge in [0, 0.05) is 44.0 Å². The summed E-state index contributed by atoms with van der Waals surface area (Å²) in [5.74, 6) is -0.305. The first kappa shape index (κ1) is 20.7. The summed E-state index contributed by atoms with van der Waals surface area (Å²) >= 11 is 2.03. The molecule has 0 heterocycles. The third-order valence-electron chi connectivity index (χ3n) is 3.84. The van der Waals surface area contributed by atoms with E-state index in [-0.39, 0.29) is 10.8 Å². The van der Waals surface area contributed by atoms with Gasteiger partial charge in [-0.05, 0) is 58.5 Å². The average molecular weight is 487 g/mol. The lowest BCUT2D eigenvalue weighted by Crippen LogP contribution is -2.26. The van der Waals surface area contributed by atoms with Crippen LogP contribution in [0.2, 0.25) is 0 Å². The zero-order valence-electron chi connectivity index (χ0n) is 15.2. The van der Waals surface area contributed by atoms with Crippen LogP contribution in [-0.2, 0) is 16.6 Å². The van der Waals surface area contributed by atoms with Crippen LogP contribution in [0.3, 0.4) is 0 Å². The van der Waals surface area contributed by atoms with Gasteiger partial charge in [0.25, 0.3) is 5.91 Å². The number of benzene rings is 2. The Bertz CT molecular complexity index is 912. The van der Waals surface area contributed by atoms with E-state index >= 15 is 0 Å². The summed E-state index contributed by atoms with van der Waals surface area (Å²) in [5, 5.41) is 2.86. The van der Waals surface area contributed by atoms with Gasteiger partial charge >= 0.3 is 0 Å². The number of carbonyl (C=O) groups excluding carboxylic acids is 1. The van der Waals surface area contributed by atoms with Gasteiger partial charge in [0.15, 0.2) is 0 Å². The van der Waals surface area contributed by atoms with E-state index in [4.69, 9.17) is 0 Å². The molecule has 0 bridgehead atoms. The molecule has 0 fully saturated rings. The monoisotopic (exact) mass is 487 g/mol. The summed E-state index contributed by atoms with van der Waals surface area (Å²) < 4.78 is 26.4. The fourth-order valence-corrected chi connectivity index (χ4v) is 3.78. The highest BCUT2D eigenvalue weighted by molar-refractivity contribution is 14.1. The molecule has 0 saturated carbocycles. The summed E-state index contributed by atoms with van der Waals surface area (Å²) in [6.45, 7) is 0.362. The van der Waals surface area contributed by atoms with E-state index in [9.17, 15) is 13.2 Å². The maximum atomic E-state index is 12.6. The van der Waals surface area contributed by atoms with Crippen LogP contribution in [0.4, 0.5) is 5.69 Å². The molecule has 6 nitrogen and oxygen atoms in total. The number of rotatable bonds is 6. The van der Waals surface area contributed by atoms with Crippen molar-refractivity contribution in [3.05, 3.63) is 57.2 Å².